The lowest BCUT2D eigenvalue weighted by molar-refractivity contribution is -0.120. The van der Waals surface area contributed by atoms with Gasteiger partial charge in [0, 0.05) is 24.3 Å². The lowest BCUT2D eigenvalue weighted by Crippen LogP contribution is -2.23. The van der Waals surface area contributed by atoms with Crippen molar-refractivity contribution in [3.8, 4) is 5.75 Å². The van der Waals surface area contributed by atoms with Crippen molar-refractivity contribution >= 4 is 12.2 Å². The second-order valence-electron chi connectivity index (χ2n) is 5.59. The van der Waals surface area contributed by atoms with Gasteiger partial charge in [-0.3, -0.25) is 4.79 Å². The van der Waals surface area contributed by atoms with Gasteiger partial charge in [0.1, 0.15) is 11.6 Å². The summed E-state index contributed by atoms with van der Waals surface area (Å²) >= 11 is 0. The number of hydrogen-bond acceptors (Lipinski definition) is 3. The first-order valence-electron chi connectivity index (χ1n) is 7.40. The number of ether oxygens (including phenoxy) is 1. The number of benzene rings is 2. The van der Waals surface area contributed by atoms with Crippen LogP contribution in [0.2, 0.25) is 0 Å². The maximum atomic E-state index is 13.4. The van der Waals surface area contributed by atoms with E-state index in [9.17, 15) is 9.18 Å². The average molecular weight is 299 g/mol. The van der Waals surface area contributed by atoms with Crippen LogP contribution < -0.4 is 9.64 Å². The first-order chi connectivity index (χ1) is 10.7. The molecule has 2 aromatic carbocycles. The van der Waals surface area contributed by atoms with Crippen molar-refractivity contribution in [1.82, 2.24) is 0 Å². The molecule has 0 aliphatic carbocycles. The fourth-order valence-electron chi connectivity index (χ4n) is 3.08. The summed E-state index contributed by atoms with van der Waals surface area (Å²) in [7, 11) is 0. The van der Waals surface area contributed by atoms with Gasteiger partial charge in [-0.2, -0.15) is 0 Å². The summed E-state index contributed by atoms with van der Waals surface area (Å²) in [6, 6.07) is 10.9. The number of carbonyl (C=O) groups excluding carboxylic acids is 1. The van der Waals surface area contributed by atoms with E-state index in [0.29, 0.717) is 12.2 Å². The quantitative estimate of drug-likeness (QED) is 0.794. The van der Waals surface area contributed by atoms with Gasteiger partial charge >= 0.3 is 0 Å². The third-order valence-corrected chi connectivity index (χ3v) is 4.03. The molecule has 0 radical (unpaired) electrons. The number of aryl methyl sites for hydroxylation is 1. The molecule has 3 nitrogen and oxygen atoms in total. The van der Waals surface area contributed by atoms with Crippen LogP contribution in [-0.2, 0) is 17.6 Å². The Kier molecular flexibility index (Phi) is 4.09. The second-order valence-corrected chi connectivity index (χ2v) is 5.59. The zero-order valence-corrected chi connectivity index (χ0v) is 12.5. The predicted molar refractivity (Wildman–Crippen MR) is 83.9 cm³/mol. The van der Waals surface area contributed by atoms with E-state index in [0.717, 1.165) is 48.3 Å². The molecule has 2 aromatic rings. The van der Waals surface area contributed by atoms with Crippen molar-refractivity contribution < 1.29 is 13.9 Å². The van der Waals surface area contributed by atoms with E-state index < -0.39 is 0 Å². The molecule has 4 heteroatoms. The highest BCUT2D eigenvalue weighted by molar-refractivity contribution is 5.65. The van der Waals surface area contributed by atoms with Gasteiger partial charge in [0.25, 0.3) is 6.47 Å². The van der Waals surface area contributed by atoms with Gasteiger partial charge in [-0.05, 0) is 55.2 Å². The highest BCUT2D eigenvalue weighted by Crippen LogP contribution is 2.34. The molecule has 22 heavy (non-hydrogen) atoms. The molecule has 0 spiro atoms. The minimum atomic E-state index is -0.182. The Balaban J connectivity index is 1.74. The average Bonchev–Trinajstić information content (AvgIpc) is 2.89. The molecule has 0 fully saturated rings. The van der Waals surface area contributed by atoms with Crippen LogP contribution in [0.5, 0.6) is 5.75 Å². The highest BCUT2D eigenvalue weighted by Gasteiger charge is 2.22. The van der Waals surface area contributed by atoms with E-state index in [2.05, 4.69) is 4.90 Å². The van der Waals surface area contributed by atoms with Crippen molar-refractivity contribution in [3.05, 3.63) is 58.9 Å². The summed E-state index contributed by atoms with van der Waals surface area (Å²) in [5.74, 6) is 0.454. The normalized spacial score (nSPS) is 13.1. The first kappa shape index (κ1) is 14.6. The van der Waals surface area contributed by atoms with Gasteiger partial charge in [0.15, 0.2) is 0 Å². The molecule has 0 unspecified atom stereocenters. The third-order valence-electron chi connectivity index (χ3n) is 4.03. The van der Waals surface area contributed by atoms with Crippen LogP contribution in [0.1, 0.15) is 16.7 Å². The standard InChI is InChI=1S/C18H18FNO2/c1-13-9-14(11-15(19)10-13)5-7-20-8-6-16-17(20)3-2-4-18(16)22-12-21/h2-4,9-12H,5-8H2,1H3. The minimum absolute atomic E-state index is 0.182. The molecule has 1 aliphatic heterocycles. The van der Waals surface area contributed by atoms with Gasteiger partial charge in [-0.15, -0.1) is 0 Å². The number of halogens is 1. The van der Waals surface area contributed by atoms with Crippen LogP contribution >= 0.6 is 0 Å². The maximum absolute atomic E-state index is 13.4. The Bertz CT molecular complexity index is 679. The van der Waals surface area contributed by atoms with Crippen molar-refractivity contribution in [2.45, 2.75) is 19.8 Å². The largest absolute Gasteiger partial charge is 0.428 e. The summed E-state index contributed by atoms with van der Waals surface area (Å²) in [6.45, 7) is 4.08. The topological polar surface area (TPSA) is 29.5 Å². The van der Waals surface area contributed by atoms with Crippen LogP contribution in [0.25, 0.3) is 0 Å². The monoisotopic (exact) mass is 299 g/mol. The van der Waals surface area contributed by atoms with E-state index >= 15 is 0 Å². The predicted octanol–water partition coefficient (Wildman–Crippen LogP) is 3.27. The number of nitrogens with zero attached hydrogens (tertiary/aromatic N) is 1. The Morgan fingerprint density at radius 3 is 2.95 bits per heavy atom. The number of hydrogen-bond donors (Lipinski definition) is 0. The molecule has 0 amide bonds. The molecule has 0 aromatic heterocycles. The summed E-state index contributed by atoms with van der Waals surface area (Å²) in [6.07, 6.45) is 1.65. The number of fused-ring (bicyclic) bond motifs is 1. The number of anilines is 1. The molecule has 0 saturated heterocycles. The Labute approximate surface area is 129 Å². The van der Waals surface area contributed by atoms with Crippen LogP contribution in [0.4, 0.5) is 10.1 Å². The molecule has 3 rings (SSSR count). The van der Waals surface area contributed by atoms with Gasteiger partial charge in [-0.25, -0.2) is 4.39 Å². The minimum Gasteiger partial charge on any atom is -0.428 e. The first-order valence-corrected chi connectivity index (χ1v) is 7.40. The maximum Gasteiger partial charge on any atom is 0.298 e. The Hall–Kier alpha value is -2.36. The van der Waals surface area contributed by atoms with Crippen molar-refractivity contribution in [2.75, 3.05) is 18.0 Å². The van der Waals surface area contributed by atoms with Gasteiger partial charge in [-0.1, -0.05) is 12.1 Å². The Morgan fingerprint density at radius 1 is 1.32 bits per heavy atom. The summed E-state index contributed by atoms with van der Waals surface area (Å²) < 4.78 is 18.5. The van der Waals surface area contributed by atoms with Crippen molar-refractivity contribution in [2.24, 2.45) is 0 Å². The fourth-order valence-corrected chi connectivity index (χ4v) is 3.08. The molecular formula is C18H18FNO2. The number of rotatable bonds is 5. The fraction of sp³-hybridized carbons (Fsp3) is 0.278. The summed E-state index contributed by atoms with van der Waals surface area (Å²) in [4.78, 5) is 12.8. The molecule has 1 heterocycles. The molecule has 1 aliphatic rings. The van der Waals surface area contributed by atoms with E-state index in [4.69, 9.17) is 4.74 Å². The zero-order valence-electron chi connectivity index (χ0n) is 12.5. The van der Waals surface area contributed by atoms with E-state index in [1.807, 2.05) is 31.2 Å². The summed E-state index contributed by atoms with van der Waals surface area (Å²) in [5, 5.41) is 0. The van der Waals surface area contributed by atoms with Gasteiger partial charge < -0.3 is 9.64 Å². The number of carbonyl (C=O) groups is 1. The lowest BCUT2D eigenvalue weighted by atomic mass is 10.1. The second kappa shape index (κ2) is 6.18. The molecule has 114 valence electrons. The third kappa shape index (κ3) is 2.96. The van der Waals surface area contributed by atoms with Crippen LogP contribution in [-0.4, -0.2) is 19.6 Å². The summed E-state index contributed by atoms with van der Waals surface area (Å²) in [5.41, 5.74) is 4.13. The van der Waals surface area contributed by atoms with E-state index in [1.165, 1.54) is 6.07 Å². The lowest BCUT2D eigenvalue weighted by Gasteiger charge is -2.19. The molecule has 0 N–H and O–H groups in total. The molecule has 0 bridgehead atoms. The van der Waals surface area contributed by atoms with Gasteiger partial charge in [0.05, 0.1) is 0 Å². The Morgan fingerprint density at radius 2 is 2.18 bits per heavy atom. The van der Waals surface area contributed by atoms with Gasteiger partial charge in [0.2, 0.25) is 0 Å². The highest BCUT2D eigenvalue weighted by atomic mass is 19.1. The van der Waals surface area contributed by atoms with Crippen LogP contribution in [0, 0.1) is 12.7 Å². The molecule has 0 saturated carbocycles. The molecule has 0 atom stereocenters. The van der Waals surface area contributed by atoms with Crippen LogP contribution in [0.15, 0.2) is 36.4 Å². The van der Waals surface area contributed by atoms with E-state index in [-0.39, 0.29) is 5.82 Å². The molecular weight excluding hydrogens is 281 g/mol. The SMILES string of the molecule is Cc1cc(F)cc(CCN2CCc3c(OC=O)cccc32)c1. The van der Waals surface area contributed by atoms with Crippen LogP contribution in [0.3, 0.4) is 0 Å². The smallest absolute Gasteiger partial charge is 0.298 e. The van der Waals surface area contributed by atoms with Crippen molar-refractivity contribution in [3.63, 3.8) is 0 Å². The van der Waals surface area contributed by atoms with E-state index in [1.54, 1.807) is 6.07 Å². The van der Waals surface area contributed by atoms with Crippen molar-refractivity contribution in [1.29, 1.82) is 0 Å². The zero-order chi connectivity index (χ0) is 15.5.